The van der Waals surface area contributed by atoms with E-state index in [1.807, 2.05) is 54.6 Å². The van der Waals surface area contributed by atoms with E-state index >= 15 is 0 Å². The second-order valence-electron chi connectivity index (χ2n) is 6.07. The summed E-state index contributed by atoms with van der Waals surface area (Å²) in [5.74, 6) is 6.03. The molecule has 0 aliphatic heterocycles. The molecule has 0 heterocycles. The summed E-state index contributed by atoms with van der Waals surface area (Å²) in [6, 6.07) is 27.7. The third-order valence-electron chi connectivity index (χ3n) is 4.26. The molecule has 0 aliphatic carbocycles. The van der Waals surface area contributed by atoms with Gasteiger partial charge in [-0.1, -0.05) is 72.7 Å². The number of hydrogen-bond donors (Lipinski definition) is 1. The molecule has 0 radical (unpaired) electrons. The van der Waals surface area contributed by atoms with Crippen LogP contribution in [0.1, 0.15) is 22.6 Å². The Kier molecular flexibility index (Phi) is 6.27. The zero-order valence-corrected chi connectivity index (χ0v) is 15.2. The minimum atomic E-state index is -0.297. The fraction of sp³-hybridized carbons (Fsp3) is 0.125. The molecule has 3 nitrogen and oxygen atoms in total. The second-order valence-corrected chi connectivity index (χ2v) is 6.07. The zero-order valence-electron chi connectivity index (χ0n) is 15.2. The van der Waals surface area contributed by atoms with Crippen LogP contribution in [0.2, 0.25) is 0 Å². The Morgan fingerprint density at radius 2 is 1.56 bits per heavy atom. The van der Waals surface area contributed by atoms with Crippen molar-refractivity contribution < 1.29 is 9.53 Å². The standard InChI is InChI=1S/C24H21NO2/c1-27-22-14-8-9-19(17-22)15-16-24(26)25-18-23(20-10-4-2-5-11-20)21-12-6-3-7-13-21/h2-14,17,23H,18H2,1H3,(H,25,26). The van der Waals surface area contributed by atoms with Gasteiger partial charge in [0.1, 0.15) is 5.75 Å². The number of benzene rings is 3. The number of ether oxygens (including phenoxy) is 1. The van der Waals surface area contributed by atoms with Gasteiger partial charge in [-0.05, 0) is 29.3 Å². The van der Waals surface area contributed by atoms with Gasteiger partial charge in [-0.2, -0.15) is 0 Å². The van der Waals surface area contributed by atoms with Crippen LogP contribution in [-0.4, -0.2) is 19.6 Å². The lowest BCUT2D eigenvalue weighted by atomic mass is 9.91. The lowest BCUT2D eigenvalue weighted by Crippen LogP contribution is -2.27. The Balaban J connectivity index is 1.70. The van der Waals surface area contributed by atoms with Gasteiger partial charge >= 0.3 is 0 Å². The molecule has 0 saturated carbocycles. The Hall–Kier alpha value is -3.51. The maximum atomic E-state index is 12.2. The summed E-state index contributed by atoms with van der Waals surface area (Å²) in [6.07, 6.45) is 0. The Bertz CT molecular complexity index is 901. The molecule has 3 aromatic rings. The number of carbonyl (C=O) groups excluding carboxylic acids is 1. The van der Waals surface area contributed by atoms with Gasteiger partial charge in [-0.25, -0.2) is 0 Å². The lowest BCUT2D eigenvalue weighted by molar-refractivity contribution is -0.115. The molecule has 3 aromatic carbocycles. The summed E-state index contributed by atoms with van der Waals surface area (Å²) in [7, 11) is 1.60. The molecule has 3 heteroatoms. The van der Waals surface area contributed by atoms with Gasteiger partial charge in [0.15, 0.2) is 0 Å². The van der Waals surface area contributed by atoms with Crippen molar-refractivity contribution in [3.05, 3.63) is 102 Å². The first kappa shape index (κ1) is 18.3. The predicted molar refractivity (Wildman–Crippen MR) is 108 cm³/mol. The largest absolute Gasteiger partial charge is 0.497 e. The zero-order chi connectivity index (χ0) is 18.9. The number of hydrogen-bond acceptors (Lipinski definition) is 2. The monoisotopic (exact) mass is 355 g/mol. The van der Waals surface area contributed by atoms with Crippen LogP contribution < -0.4 is 10.1 Å². The summed E-state index contributed by atoms with van der Waals surface area (Å²) >= 11 is 0. The van der Waals surface area contributed by atoms with Crippen LogP contribution in [-0.2, 0) is 4.79 Å². The number of amides is 1. The fourth-order valence-electron chi connectivity index (χ4n) is 2.87. The van der Waals surface area contributed by atoms with E-state index in [0.717, 1.165) is 22.4 Å². The van der Waals surface area contributed by atoms with Crippen molar-refractivity contribution in [2.45, 2.75) is 5.92 Å². The molecule has 1 N–H and O–H groups in total. The highest BCUT2D eigenvalue weighted by molar-refractivity contribution is 5.94. The van der Waals surface area contributed by atoms with Crippen molar-refractivity contribution in [3.8, 4) is 17.6 Å². The molecule has 3 rings (SSSR count). The number of rotatable bonds is 5. The van der Waals surface area contributed by atoms with E-state index in [2.05, 4.69) is 41.4 Å². The highest BCUT2D eigenvalue weighted by Crippen LogP contribution is 2.23. The minimum absolute atomic E-state index is 0.0787. The first-order valence-electron chi connectivity index (χ1n) is 8.80. The maximum Gasteiger partial charge on any atom is 0.296 e. The molecular weight excluding hydrogens is 334 g/mol. The van der Waals surface area contributed by atoms with E-state index in [1.54, 1.807) is 13.2 Å². The van der Waals surface area contributed by atoms with E-state index in [1.165, 1.54) is 0 Å². The van der Waals surface area contributed by atoms with Crippen molar-refractivity contribution in [1.82, 2.24) is 5.32 Å². The van der Waals surface area contributed by atoms with E-state index in [-0.39, 0.29) is 11.8 Å². The molecule has 0 fully saturated rings. The highest BCUT2D eigenvalue weighted by Gasteiger charge is 2.14. The van der Waals surface area contributed by atoms with E-state index in [4.69, 9.17) is 4.74 Å². The summed E-state index contributed by atoms with van der Waals surface area (Å²) in [4.78, 5) is 12.2. The lowest BCUT2D eigenvalue weighted by Gasteiger charge is -2.18. The van der Waals surface area contributed by atoms with Crippen LogP contribution in [0.25, 0.3) is 0 Å². The quantitative estimate of drug-likeness (QED) is 0.703. The molecule has 0 bridgehead atoms. The first-order valence-corrected chi connectivity index (χ1v) is 8.80. The van der Waals surface area contributed by atoms with Gasteiger partial charge in [0, 0.05) is 23.9 Å². The van der Waals surface area contributed by atoms with Crippen molar-refractivity contribution in [3.63, 3.8) is 0 Å². The summed E-state index contributed by atoms with van der Waals surface area (Å²) in [6.45, 7) is 0.486. The van der Waals surface area contributed by atoms with Gasteiger partial charge in [-0.3, -0.25) is 4.79 Å². The highest BCUT2D eigenvalue weighted by atomic mass is 16.5. The molecule has 0 unspecified atom stereocenters. The van der Waals surface area contributed by atoms with Gasteiger partial charge in [0.25, 0.3) is 5.91 Å². The van der Waals surface area contributed by atoms with Crippen molar-refractivity contribution in [2.75, 3.05) is 13.7 Å². The average Bonchev–Trinajstić information content (AvgIpc) is 2.74. The third kappa shape index (κ3) is 5.23. The Labute approximate surface area is 160 Å². The van der Waals surface area contributed by atoms with Gasteiger partial charge < -0.3 is 10.1 Å². The average molecular weight is 355 g/mol. The van der Waals surface area contributed by atoms with Crippen molar-refractivity contribution in [1.29, 1.82) is 0 Å². The molecule has 0 spiro atoms. The molecule has 1 amide bonds. The predicted octanol–water partition coefficient (Wildman–Crippen LogP) is 4.00. The molecular formula is C24H21NO2. The molecule has 0 saturated heterocycles. The van der Waals surface area contributed by atoms with Gasteiger partial charge in [0.2, 0.25) is 0 Å². The van der Waals surface area contributed by atoms with Crippen LogP contribution >= 0.6 is 0 Å². The summed E-state index contributed by atoms with van der Waals surface area (Å²) in [5, 5.41) is 2.93. The van der Waals surface area contributed by atoms with Crippen molar-refractivity contribution in [2.24, 2.45) is 0 Å². The van der Waals surface area contributed by atoms with Gasteiger partial charge in [0.05, 0.1) is 7.11 Å². The summed E-state index contributed by atoms with van der Waals surface area (Å²) in [5.41, 5.74) is 3.06. The SMILES string of the molecule is COc1cccc(C#CC(=O)NCC(c2ccccc2)c2ccccc2)c1. The molecule has 0 atom stereocenters. The normalized spacial score (nSPS) is 10.0. The number of nitrogens with one attached hydrogen (secondary N) is 1. The Morgan fingerprint density at radius 3 is 2.15 bits per heavy atom. The molecule has 0 aromatic heterocycles. The smallest absolute Gasteiger partial charge is 0.296 e. The minimum Gasteiger partial charge on any atom is -0.497 e. The van der Waals surface area contributed by atoms with E-state index < -0.39 is 0 Å². The van der Waals surface area contributed by atoms with Crippen LogP contribution in [0.5, 0.6) is 5.75 Å². The van der Waals surface area contributed by atoms with Crippen LogP contribution in [0, 0.1) is 11.8 Å². The Morgan fingerprint density at radius 1 is 0.926 bits per heavy atom. The second kappa shape index (κ2) is 9.26. The van der Waals surface area contributed by atoms with E-state index in [0.29, 0.717) is 6.54 Å². The topological polar surface area (TPSA) is 38.3 Å². The van der Waals surface area contributed by atoms with E-state index in [9.17, 15) is 4.79 Å². The maximum absolute atomic E-state index is 12.2. The fourth-order valence-corrected chi connectivity index (χ4v) is 2.87. The summed E-state index contributed by atoms with van der Waals surface area (Å²) < 4.78 is 5.17. The molecule has 0 aliphatic rings. The first-order chi connectivity index (χ1) is 13.3. The van der Waals surface area contributed by atoms with Crippen LogP contribution in [0.4, 0.5) is 0 Å². The number of carbonyl (C=O) groups is 1. The molecule has 27 heavy (non-hydrogen) atoms. The van der Waals surface area contributed by atoms with Crippen molar-refractivity contribution >= 4 is 5.91 Å². The number of methoxy groups -OCH3 is 1. The van der Waals surface area contributed by atoms with Crippen LogP contribution in [0.15, 0.2) is 84.9 Å². The van der Waals surface area contributed by atoms with Gasteiger partial charge in [-0.15, -0.1) is 0 Å². The molecule has 134 valence electrons. The third-order valence-corrected chi connectivity index (χ3v) is 4.26. The van der Waals surface area contributed by atoms with Crippen LogP contribution in [0.3, 0.4) is 0 Å².